The number of hydrogen-bond donors (Lipinski definition) is 0. The average Bonchev–Trinajstić information content (AvgIpc) is 0.727. The van der Waals surface area contributed by atoms with Crippen molar-refractivity contribution < 1.29 is 55.6 Å². The minimum atomic E-state index is -4.56. The summed E-state index contributed by atoms with van der Waals surface area (Å²) in [7, 11) is -13.7. The number of rotatable bonds is 66. The van der Waals surface area contributed by atoms with Gasteiger partial charge in [0.05, 0.1) is 73.8 Å². The van der Waals surface area contributed by atoms with E-state index in [2.05, 4.69) is 41.5 Å². The van der Waals surface area contributed by atoms with Crippen LogP contribution in [0.3, 0.4) is 0 Å². The van der Waals surface area contributed by atoms with Crippen molar-refractivity contribution in [3.8, 4) is 69.0 Å². The van der Waals surface area contributed by atoms with Crippen LogP contribution < -0.4 is 55.6 Å². The molecule has 0 saturated carbocycles. The maximum Gasteiger partial charge on any atom is 0.460 e. The lowest BCUT2D eigenvalue weighted by Gasteiger charge is -2.33. The Bertz CT molecular complexity index is 5120. The Morgan fingerprint density at radius 2 is 0.285 bits per heavy atom. The Balaban J connectivity index is 0.934. The van der Waals surface area contributed by atoms with E-state index in [4.69, 9.17) is 99.1 Å². The maximum absolute atomic E-state index is 7.58. The van der Waals surface area contributed by atoms with Crippen molar-refractivity contribution in [3.05, 3.63) is 325 Å². The molecule has 0 fully saturated rings. The van der Waals surface area contributed by atoms with Gasteiger partial charge in [-0.05, 0) is 363 Å². The van der Waals surface area contributed by atoms with Crippen molar-refractivity contribution in [2.75, 3.05) is 39.6 Å². The SMILES string of the molecule is CCCCCCCOc1ccc(N=Cc2ccc(OP3(Oc4ccc(C=Nc5ccc(OCCCCCCC)cc5)cc4)=NP(Oc4ccc(C=Nc5ccc(OCCCCCCC)cc5)cc4)(Oc4ccc(C=Nc5ccc(OCCCCCCC)cc5)cc4)=NP(Oc4ccc(C=Nc5ccc(OCCCCCCC)cc5)cc4)(Oc4ccc(C=Nc5ccc(OCCCCCCC)cc5)cc4)=N3)cc2)cc1. The Hall–Kier alpha value is -13.1. The minimum absolute atomic E-state index is 0.300. The lowest BCUT2D eigenvalue weighted by atomic mass is 10.2. The third-order valence-corrected chi connectivity index (χ3v) is 31.7. The Labute approximate surface area is 855 Å². The van der Waals surface area contributed by atoms with E-state index >= 15 is 0 Å². The Morgan fingerprint density at radius 1 is 0.160 bits per heavy atom. The van der Waals surface area contributed by atoms with Gasteiger partial charge in [-0.15, -0.1) is 0 Å². The molecule has 0 atom stereocenters. The third kappa shape index (κ3) is 38.9. The topological polar surface area (TPSA) is 222 Å². The number of unbranched alkanes of at least 4 members (excludes halogenated alkanes) is 24. The second-order valence-corrected chi connectivity index (χ2v) is 42.0. The number of hydrogen-bond acceptors (Lipinski definition) is 21. The van der Waals surface area contributed by atoms with Gasteiger partial charge in [-0.25, -0.2) is 0 Å². The lowest BCUT2D eigenvalue weighted by molar-refractivity contribution is 0.304. The Morgan fingerprint density at radius 3 is 0.417 bits per heavy atom. The van der Waals surface area contributed by atoms with E-state index in [1.165, 1.54) is 116 Å². The van der Waals surface area contributed by atoms with E-state index in [1.54, 1.807) is 37.3 Å². The Kier molecular flexibility index (Phi) is 46.0. The van der Waals surface area contributed by atoms with Crippen LogP contribution in [0.5, 0.6) is 69.0 Å². The molecule has 0 bridgehead atoms. The van der Waals surface area contributed by atoms with Crippen LogP contribution in [0, 0.1) is 0 Å². The monoisotopic (exact) mass is 2000 g/mol. The van der Waals surface area contributed by atoms with E-state index in [-0.39, 0.29) is 0 Å². The van der Waals surface area contributed by atoms with Crippen molar-refractivity contribution in [1.29, 1.82) is 0 Å². The van der Waals surface area contributed by atoms with Gasteiger partial charge in [0, 0.05) is 37.3 Å². The van der Waals surface area contributed by atoms with E-state index in [0.717, 1.165) is 179 Å². The van der Waals surface area contributed by atoms with Gasteiger partial charge < -0.3 is 55.6 Å². The summed E-state index contributed by atoms with van der Waals surface area (Å²) in [6.07, 6.45) is 45.5. The van der Waals surface area contributed by atoms with Crippen LogP contribution >= 0.6 is 23.0 Å². The summed E-state index contributed by atoms with van der Waals surface area (Å²) in [5, 5.41) is 0. The van der Waals surface area contributed by atoms with Gasteiger partial charge >= 0.3 is 23.0 Å². The zero-order valence-corrected chi connectivity index (χ0v) is 87.6. The summed E-state index contributed by atoms with van der Waals surface area (Å²) in [4.78, 5) is 29.5. The molecule has 0 unspecified atom stereocenters. The number of benzene rings is 12. The third-order valence-electron chi connectivity index (χ3n) is 23.6. The zero-order chi connectivity index (χ0) is 99.8. The van der Waals surface area contributed by atoms with E-state index in [1.807, 2.05) is 291 Å². The summed E-state index contributed by atoms with van der Waals surface area (Å²) in [6, 6.07) is 91.7. The molecule has 21 nitrogen and oxygen atoms in total. The first kappa shape index (κ1) is 108. The van der Waals surface area contributed by atoms with Gasteiger partial charge in [0.15, 0.2) is 0 Å². The highest BCUT2D eigenvalue weighted by Gasteiger charge is 2.49. The first-order valence-electron chi connectivity index (χ1n) is 52.2. The molecule has 24 heteroatoms. The van der Waals surface area contributed by atoms with Gasteiger partial charge in [-0.2, -0.15) is 0 Å². The van der Waals surface area contributed by atoms with Crippen LogP contribution in [-0.2, 0) is 0 Å². The molecule has 0 saturated heterocycles. The predicted molar refractivity (Wildman–Crippen MR) is 598 cm³/mol. The molecule has 0 amide bonds. The minimum Gasteiger partial charge on any atom is -0.494 e. The van der Waals surface area contributed by atoms with Crippen LogP contribution in [0.2, 0.25) is 0 Å². The molecule has 1 heterocycles. The largest absolute Gasteiger partial charge is 0.494 e. The van der Waals surface area contributed by atoms with Crippen molar-refractivity contribution in [1.82, 2.24) is 0 Å². The fraction of sp³-hybridized carbons (Fsp3) is 0.350. The van der Waals surface area contributed by atoms with Crippen LogP contribution in [-0.4, -0.2) is 76.9 Å². The summed E-state index contributed by atoms with van der Waals surface area (Å²) < 4.78 is 99.5. The molecular weight excluding hydrogens is 1850 g/mol. The molecule has 0 aromatic heterocycles. The molecule has 12 aromatic rings. The maximum atomic E-state index is 7.58. The average molecular weight is 2000 g/mol. The molecule has 12 aromatic carbocycles. The van der Waals surface area contributed by atoms with Crippen molar-refractivity contribution in [2.24, 2.45) is 43.5 Å². The molecule has 1 aliphatic rings. The van der Waals surface area contributed by atoms with Gasteiger partial charge in [0.1, 0.15) is 69.0 Å². The van der Waals surface area contributed by atoms with Gasteiger partial charge in [0.25, 0.3) is 0 Å². The van der Waals surface area contributed by atoms with E-state index < -0.39 is 23.0 Å². The second-order valence-electron chi connectivity index (χ2n) is 35.8. The highest BCUT2D eigenvalue weighted by molar-refractivity contribution is 7.79. The number of nitrogens with zero attached hydrogens (tertiary/aromatic N) is 9. The number of aliphatic imine (C=N–C) groups is 6. The fourth-order valence-corrected chi connectivity index (χ4v) is 24.4. The van der Waals surface area contributed by atoms with E-state index in [0.29, 0.717) is 74.1 Å². The lowest BCUT2D eigenvalue weighted by Crippen LogP contribution is -2.11. The van der Waals surface area contributed by atoms with Crippen LogP contribution in [0.4, 0.5) is 34.1 Å². The molecular formula is C120H144N9O12P3. The van der Waals surface area contributed by atoms with Crippen LogP contribution in [0.15, 0.2) is 335 Å². The van der Waals surface area contributed by atoms with Crippen molar-refractivity contribution in [2.45, 2.75) is 234 Å². The smallest absolute Gasteiger partial charge is 0.460 e. The molecule has 13 rings (SSSR count). The number of ether oxygens (including phenoxy) is 6. The van der Waals surface area contributed by atoms with Crippen molar-refractivity contribution in [3.63, 3.8) is 0 Å². The van der Waals surface area contributed by atoms with E-state index in [9.17, 15) is 0 Å². The summed E-state index contributed by atoms with van der Waals surface area (Å²) >= 11 is 0. The molecule has 0 spiro atoms. The molecule has 144 heavy (non-hydrogen) atoms. The second kappa shape index (κ2) is 61.2. The summed E-state index contributed by atoms with van der Waals surface area (Å²) in [5.74, 6) is 6.58. The first-order chi connectivity index (χ1) is 70.9. The first-order valence-corrected chi connectivity index (χ1v) is 56.8. The highest BCUT2D eigenvalue weighted by Crippen LogP contribution is 2.79. The standard InChI is InChI=1S/C120H144N9O12P3/c1-7-13-19-25-31-85-130-109-73-49-103(50-74-109)121-91-97-37-61-115(62-38-97)136-142(137-116-63-39-98(40-64-116)92-122-104-51-75-110(76-52-104)131-86-32-26-20-14-8-2)127-143(138-117-65-41-99(42-66-117)93-123-105-53-77-111(78-54-105)132-87-33-27-21-15-9-3,139-118-67-43-100(44-68-118)94-124-106-55-79-112(80-56-106)133-88-34-28-22-16-10-4)129-144(128-142,140-119-69-45-101(46-70-119)95-125-107-57-81-113(82-58-107)134-89-35-29-23-17-11-5)141-120-71-47-102(48-72-120)96-126-108-59-83-114(84-60-108)135-90-36-30-24-18-12-6/h37-84,91-96H,7-36,85-90H2,1-6H3. The quantitative estimate of drug-likeness (QED) is 0.0197. The van der Waals surface area contributed by atoms with Crippen LogP contribution in [0.25, 0.3) is 0 Å². The molecule has 0 aliphatic carbocycles. The molecule has 1 aliphatic heterocycles. The zero-order valence-electron chi connectivity index (χ0n) is 84.9. The fourth-order valence-electron chi connectivity index (χ4n) is 15.3. The normalized spacial score (nSPS) is 15.1. The summed E-state index contributed by atoms with van der Waals surface area (Å²) in [5.41, 5.74) is 9.12. The van der Waals surface area contributed by atoms with Crippen LogP contribution in [0.1, 0.15) is 268 Å². The molecule has 0 N–H and O–H groups in total. The van der Waals surface area contributed by atoms with Gasteiger partial charge in [0.2, 0.25) is 0 Å². The highest BCUT2D eigenvalue weighted by atomic mass is 31.3. The van der Waals surface area contributed by atoms with Gasteiger partial charge in [-0.3, -0.25) is 30.0 Å². The predicted octanol–water partition coefficient (Wildman–Crippen LogP) is 36.9. The van der Waals surface area contributed by atoms with Crippen molar-refractivity contribution >= 4 is 94.4 Å². The summed E-state index contributed by atoms with van der Waals surface area (Å²) in [6.45, 7) is 17.3. The van der Waals surface area contributed by atoms with Gasteiger partial charge in [-0.1, -0.05) is 209 Å². The molecule has 0 radical (unpaired) electrons. The molecule has 756 valence electrons.